The number of benzene rings is 1. The molecule has 136 valence electrons. The van der Waals surface area contributed by atoms with Gasteiger partial charge in [0.05, 0.1) is 18.4 Å². The lowest BCUT2D eigenvalue weighted by atomic mass is 10.1. The van der Waals surface area contributed by atoms with E-state index in [-0.39, 0.29) is 10.5 Å². The molecule has 2 N–H and O–H groups in total. The van der Waals surface area contributed by atoms with Gasteiger partial charge in [0.15, 0.2) is 0 Å². The summed E-state index contributed by atoms with van der Waals surface area (Å²) in [6, 6.07) is 6.47. The van der Waals surface area contributed by atoms with Crippen molar-refractivity contribution >= 4 is 48.6 Å². The molecule has 7 nitrogen and oxygen atoms in total. The van der Waals surface area contributed by atoms with Crippen LogP contribution in [0.15, 0.2) is 46.0 Å². The minimum atomic E-state index is -3.89. The Bertz CT molecular complexity index is 1090. The molecule has 1 aromatic carbocycles. The van der Waals surface area contributed by atoms with Crippen LogP contribution in [0.4, 0.5) is 5.69 Å². The highest BCUT2D eigenvalue weighted by Crippen LogP contribution is 2.28. The number of fused-ring (bicyclic) bond motifs is 1. The molecule has 3 rings (SSSR count). The SMILES string of the molecule is CCc1ccc(C(=O)OC)cc1NS(=O)(=O)c1c[nH]c2ncc(Br)cc12. The van der Waals surface area contributed by atoms with Crippen LogP contribution in [-0.4, -0.2) is 31.5 Å². The van der Waals surface area contributed by atoms with E-state index in [0.29, 0.717) is 27.6 Å². The third-order valence-electron chi connectivity index (χ3n) is 3.91. The number of H-pyrrole nitrogens is 1. The molecule has 9 heteroatoms. The zero-order valence-corrected chi connectivity index (χ0v) is 16.4. The van der Waals surface area contributed by atoms with Crippen LogP contribution in [0.2, 0.25) is 0 Å². The summed E-state index contributed by atoms with van der Waals surface area (Å²) in [7, 11) is -2.61. The maximum absolute atomic E-state index is 12.9. The number of methoxy groups -OCH3 is 1. The average Bonchev–Trinajstić information content (AvgIpc) is 3.04. The molecule has 0 spiro atoms. The molecule has 0 saturated heterocycles. The summed E-state index contributed by atoms with van der Waals surface area (Å²) >= 11 is 3.30. The normalized spacial score (nSPS) is 11.5. The first-order valence-electron chi connectivity index (χ1n) is 7.72. The van der Waals surface area contributed by atoms with Gasteiger partial charge in [0.25, 0.3) is 10.0 Å². The zero-order valence-electron chi connectivity index (χ0n) is 14.0. The Morgan fingerprint density at radius 3 is 2.81 bits per heavy atom. The van der Waals surface area contributed by atoms with Gasteiger partial charge in [-0.15, -0.1) is 0 Å². The standard InChI is InChI=1S/C17H16BrN3O4S/c1-3-10-4-5-11(17(22)25-2)6-14(10)21-26(23,24)15-9-20-16-13(15)7-12(18)8-19-16/h4-9,21H,3H2,1-2H3,(H,19,20). The molecule has 2 heterocycles. The number of carbonyl (C=O) groups is 1. The molecule has 0 bridgehead atoms. The topological polar surface area (TPSA) is 101 Å². The fourth-order valence-electron chi connectivity index (χ4n) is 2.60. The van der Waals surface area contributed by atoms with Crippen LogP contribution in [0, 0.1) is 0 Å². The van der Waals surface area contributed by atoms with E-state index in [1.165, 1.54) is 19.4 Å². The second-order valence-corrected chi connectivity index (χ2v) is 8.09. The number of hydrogen-bond donors (Lipinski definition) is 2. The largest absolute Gasteiger partial charge is 0.465 e. The van der Waals surface area contributed by atoms with Crippen LogP contribution in [-0.2, 0) is 21.2 Å². The van der Waals surface area contributed by atoms with Gasteiger partial charge in [-0.1, -0.05) is 13.0 Å². The van der Waals surface area contributed by atoms with Crippen molar-refractivity contribution in [2.24, 2.45) is 0 Å². The van der Waals surface area contributed by atoms with Crippen molar-refractivity contribution in [3.63, 3.8) is 0 Å². The monoisotopic (exact) mass is 437 g/mol. The van der Waals surface area contributed by atoms with Crippen molar-refractivity contribution in [3.8, 4) is 0 Å². The minimum Gasteiger partial charge on any atom is -0.465 e. The lowest BCUT2D eigenvalue weighted by Crippen LogP contribution is -2.15. The molecule has 26 heavy (non-hydrogen) atoms. The molecule has 0 unspecified atom stereocenters. The van der Waals surface area contributed by atoms with E-state index in [4.69, 9.17) is 4.74 Å². The number of nitrogens with zero attached hydrogens (tertiary/aromatic N) is 1. The van der Waals surface area contributed by atoms with Crippen LogP contribution in [0.1, 0.15) is 22.8 Å². The molecule has 0 saturated carbocycles. The van der Waals surface area contributed by atoms with E-state index >= 15 is 0 Å². The maximum Gasteiger partial charge on any atom is 0.337 e. The van der Waals surface area contributed by atoms with Gasteiger partial charge in [0.1, 0.15) is 10.5 Å². The first kappa shape index (κ1) is 18.4. The second-order valence-electron chi connectivity index (χ2n) is 5.53. The van der Waals surface area contributed by atoms with Crippen LogP contribution < -0.4 is 4.72 Å². The molecule has 0 fully saturated rings. The van der Waals surface area contributed by atoms with Gasteiger partial charge in [-0.2, -0.15) is 0 Å². The summed E-state index contributed by atoms with van der Waals surface area (Å²) in [4.78, 5) is 18.8. The van der Waals surface area contributed by atoms with E-state index in [9.17, 15) is 13.2 Å². The predicted octanol–water partition coefficient (Wildman–Crippen LogP) is 3.48. The minimum absolute atomic E-state index is 0.0758. The number of halogens is 1. The van der Waals surface area contributed by atoms with Crippen LogP contribution in [0.3, 0.4) is 0 Å². The van der Waals surface area contributed by atoms with Crippen molar-refractivity contribution < 1.29 is 17.9 Å². The zero-order chi connectivity index (χ0) is 18.9. The number of ether oxygens (including phenoxy) is 1. The molecule has 0 amide bonds. The molecule has 0 aliphatic rings. The van der Waals surface area contributed by atoms with Crippen LogP contribution in [0.25, 0.3) is 11.0 Å². The molecular formula is C17H16BrN3O4S. The third-order valence-corrected chi connectivity index (χ3v) is 5.74. The maximum atomic E-state index is 12.9. The van der Waals surface area contributed by atoms with Crippen molar-refractivity contribution in [2.45, 2.75) is 18.2 Å². The molecule has 0 atom stereocenters. The lowest BCUT2D eigenvalue weighted by Gasteiger charge is -2.12. The highest BCUT2D eigenvalue weighted by molar-refractivity contribution is 9.10. The number of hydrogen-bond acceptors (Lipinski definition) is 5. The fraction of sp³-hybridized carbons (Fsp3) is 0.176. The number of rotatable bonds is 5. The Hall–Kier alpha value is -2.39. The number of pyridine rings is 1. The summed E-state index contributed by atoms with van der Waals surface area (Å²) in [6.45, 7) is 1.90. The van der Waals surface area contributed by atoms with E-state index in [1.54, 1.807) is 24.4 Å². The summed E-state index contributed by atoms with van der Waals surface area (Å²) in [5.74, 6) is -0.534. The Balaban J connectivity index is 2.06. The van der Waals surface area contributed by atoms with Gasteiger partial charge < -0.3 is 9.72 Å². The average molecular weight is 438 g/mol. The quantitative estimate of drug-likeness (QED) is 0.594. The lowest BCUT2D eigenvalue weighted by molar-refractivity contribution is 0.0600. The number of aromatic amines is 1. The Morgan fingerprint density at radius 1 is 1.35 bits per heavy atom. The smallest absolute Gasteiger partial charge is 0.337 e. The van der Waals surface area contributed by atoms with Crippen molar-refractivity contribution in [2.75, 3.05) is 11.8 Å². The van der Waals surface area contributed by atoms with Gasteiger partial charge in [0, 0.05) is 22.3 Å². The second kappa shape index (κ2) is 7.08. The predicted molar refractivity (Wildman–Crippen MR) is 102 cm³/mol. The van der Waals surface area contributed by atoms with E-state index in [2.05, 4.69) is 30.6 Å². The van der Waals surface area contributed by atoms with Gasteiger partial charge in [-0.05, 0) is 46.1 Å². The highest BCUT2D eigenvalue weighted by atomic mass is 79.9. The number of aromatic nitrogens is 2. The van der Waals surface area contributed by atoms with Gasteiger partial charge >= 0.3 is 5.97 Å². The van der Waals surface area contributed by atoms with Crippen LogP contribution in [0.5, 0.6) is 0 Å². The summed E-state index contributed by atoms with van der Waals surface area (Å²) < 4.78 is 33.8. The molecule has 2 aromatic heterocycles. The van der Waals surface area contributed by atoms with Gasteiger partial charge in [0.2, 0.25) is 0 Å². The first-order valence-corrected chi connectivity index (χ1v) is 10.00. The van der Waals surface area contributed by atoms with Crippen molar-refractivity contribution in [1.82, 2.24) is 9.97 Å². The fourth-order valence-corrected chi connectivity index (χ4v) is 4.18. The molecule has 3 aromatic rings. The molecule has 0 aliphatic heterocycles. The highest BCUT2D eigenvalue weighted by Gasteiger charge is 2.21. The third kappa shape index (κ3) is 3.45. The number of carbonyl (C=O) groups excluding carboxylic acids is 1. The number of esters is 1. The Kier molecular flexibility index (Phi) is 5.01. The molecular weight excluding hydrogens is 422 g/mol. The Morgan fingerprint density at radius 2 is 2.12 bits per heavy atom. The molecule has 0 aliphatic carbocycles. The Labute approximate surface area is 159 Å². The number of nitrogens with one attached hydrogen (secondary N) is 2. The van der Waals surface area contributed by atoms with Crippen LogP contribution >= 0.6 is 15.9 Å². The van der Waals surface area contributed by atoms with Gasteiger partial charge in [-0.25, -0.2) is 18.2 Å². The molecule has 0 radical (unpaired) electrons. The van der Waals surface area contributed by atoms with E-state index in [1.807, 2.05) is 6.92 Å². The van der Waals surface area contributed by atoms with E-state index < -0.39 is 16.0 Å². The van der Waals surface area contributed by atoms with Gasteiger partial charge in [-0.3, -0.25) is 4.72 Å². The first-order chi connectivity index (χ1) is 12.4. The summed E-state index contributed by atoms with van der Waals surface area (Å²) in [6.07, 6.45) is 3.57. The van der Waals surface area contributed by atoms with Crippen molar-refractivity contribution in [1.29, 1.82) is 0 Å². The van der Waals surface area contributed by atoms with E-state index in [0.717, 1.165) is 5.56 Å². The van der Waals surface area contributed by atoms with Crippen molar-refractivity contribution in [3.05, 3.63) is 52.3 Å². The summed E-state index contributed by atoms with van der Waals surface area (Å²) in [5.41, 5.74) is 1.84. The number of sulfonamides is 1. The number of aryl methyl sites for hydroxylation is 1. The summed E-state index contributed by atoms with van der Waals surface area (Å²) in [5, 5.41) is 0.467. The number of anilines is 1.